The third-order valence-electron chi connectivity index (χ3n) is 2.53. The van der Waals surface area contributed by atoms with E-state index in [-0.39, 0.29) is 6.10 Å². The molecule has 15 heavy (non-hydrogen) atoms. The summed E-state index contributed by atoms with van der Waals surface area (Å²) in [4.78, 5) is 0. The molecule has 0 radical (unpaired) electrons. The van der Waals surface area contributed by atoms with Crippen LogP contribution in [0.4, 0.5) is 0 Å². The van der Waals surface area contributed by atoms with Crippen molar-refractivity contribution in [1.29, 1.82) is 0 Å². The Morgan fingerprint density at radius 3 is 2.20 bits per heavy atom. The van der Waals surface area contributed by atoms with Crippen LogP contribution >= 0.6 is 0 Å². The highest BCUT2D eigenvalue weighted by atomic mass is 16.5. The highest BCUT2D eigenvalue weighted by Gasteiger charge is 2.13. The molecule has 0 bridgehead atoms. The fraction of sp³-hybridized carbons (Fsp3) is 0.538. The minimum absolute atomic E-state index is 0.176. The summed E-state index contributed by atoms with van der Waals surface area (Å²) in [6.45, 7) is 7.88. The van der Waals surface area contributed by atoms with Crippen LogP contribution in [0.25, 0.3) is 0 Å². The number of aliphatic hydroxyl groups excluding tert-OH is 1. The van der Waals surface area contributed by atoms with Crippen molar-refractivity contribution in [2.75, 3.05) is 0 Å². The molecule has 84 valence electrons. The smallest absolute Gasteiger partial charge is 0.123 e. The number of hydrogen-bond donors (Lipinski definition) is 1. The van der Waals surface area contributed by atoms with Gasteiger partial charge in [-0.3, -0.25) is 0 Å². The predicted octanol–water partition coefficient (Wildman–Crippen LogP) is 2.96. The van der Waals surface area contributed by atoms with E-state index >= 15 is 0 Å². The Balaban J connectivity index is 2.84. The molecule has 2 heteroatoms. The van der Waals surface area contributed by atoms with Crippen molar-refractivity contribution in [2.45, 2.75) is 45.8 Å². The summed E-state index contributed by atoms with van der Waals surface area (Å²) in [6.07, 6.45) is -0.630. The fourth-order valence-electron chi connectivity index (χ4n) is 1.36. The average molecular weight is 208 g/mol. The minimum Gasteiger partial charge on any atom is -0.488 e. The standard InChI is InChI=1S/C13H20O2/c1-9(2)12-7-5-6-8-13(12)15-11(4)10(3)14/h5-11,14H,1-4H3/t10-,11?/m0/s1. The second-order valence-electron chi connectivity index (χ2n) is 4.26. The van der Waals surface area contributed by atoms with Gasteiger partial charge in [0.1, 0.15) is 11.9 Å². The van der Waals surface area contributed by atoms with Gasteiger partial charge in [-0.2, -0.15) is 0 Å². The largest absolute Gasteiger partial charge is 0.488 e. The maximum atomic E-state index is 9.39. The van der Waals surface area contributed by atoms with Crippen molar-refractivity contribution in [1.82, 2.24) is 0 Å². The summed E-state index contributed by atoms with van der Waals surface area (Å²) in [5.41, 5.74) is 1.19. The van der Waals surface area contributed by atoms with E-state index in [9.17, 15) is 5.11 Å². The van der Waals surface area contributed by atoms with Crippen molar-refractivity contribution in [2.24, 2.45) is 0 Å². The Hall–Kier alpha value is -1.02. The molecule has 0 aliphatic carbocycles. The molecule has 0 saturated heterocycles. The van der Waals surface area contributed by atoms with Crippen LogP contribution in [0, 0.1) is 0 Å². The molecule has 0 aromatic heterocycles. The molecule has 1 unspecified atom stereocenters. The van der Waals surface area contributed by atoms with Crippen molar-refractivity contribution in [3.05, 3.63) is 29.8 Å². The number of hydrogen-bond acceptors (Lipinski definition) is 2. The Bertz CT molecular complexity index is 305. The second-order valence-corrected chi connectivity index (χ2v) is 4.26. The van der Waals surface area contributed by atoms with Gasteiger partial charge in [0.25, 0.3) is 0 Å². The SMILES string of the molecule is CC(C)c1ccccc1OC(C)[C@H](C)O. The Morgan fingerprint density at radius 2 is 1.67 bits per heavy atom. The van der Waals surface area contributed by atoms with E-state index in [1.54, 1.807) is 6.92 Å². The summed E-state index contributed by atoms with van der Waals surface area (Å²) in [5.74, 6) is 1.31. The lowest BCUT2D eigenvalue weighted by Crippen LogP contribution is -2.26. The third-order valence-corrected chi connectivity index (χ3v) is 2.53. The van der Waals surface area contributed by atoms with E-state index < -0.39 is 6.10 Å². The van der Waals surface area contributed by atoms with Crippen molar-refractivity contribution >= 4 is 0 Å². The molecule has 0 spiro atoms. The van der Waals surface area contributed by atoms with Crippen LogP contribution in [0.3, 0.4) is 0 Å². The van der Waals surface area contributed by atoms with Gasteiger partial charge in [-0.25, -0.2) is 0 Å². The Labute approximate surface area is 91.9 Å². The highest BCUT2D eigenvalue weighted by Crippen LogP contribution is 2.26. The average Bonchev–Trinajstić information content (AvgIpc) is 2.18. The predicted molar refractivity (Wildman–Crippen MR) is 62.3 cm³/mol. The van der Waals surface area contributed by atoms with Crippen LogP contribution in [-0.2, 0) is 0 Å². The highest BCUT2D eigenvalue weighted by molar-refractivity contribution is 5.35. The van der Waals surface area contributed by atoms with E-state index in [0.717, 1.165) is 5.75 Å². The number of benzene rings is 1. The summed E-state index contributed by atoms with van der Waals surface area (Å²) in [5, 5.41) is 9.39. The maximum absolute atomic E-state index is 9.39. The van der Waals surface area contributed by atoms with Crippen molar-refractivity contribution in [3.63, 3.8) is 0 Å². The molecular weight excluding hydrogens is 188 g/mol. The zero-order chi connectivity index (χ0) is 11.4. The summed E-state index contributed by atoms with van der Waals surface area (Å²) < 4.78 is 5.72. The molecule has 0 aliphatic heterocycles. The van der Waals surface area contributed by atoms with Gasteiger partial charge in [0.2, 0.25) is 0 Å². The molecule has 2 nitrogen and oxygen atoms in total. The topological polar surface area (TPSA) is 29.5 Å². The molecule has 0 fully saturated rings. The first-order valence-corrected chi connectivity index (χ1v) is 5.46. The van der Waals surface area contributed by atoms with E-state index in [1.807, 2.05) is 25.1 Å². The third kappa shape index (κ3) is 3.24. The van der Waals surface area contributed by atoms with Gasteiger partial charge >= 0.3 is 0 Å². The molecule has 1 aromatic carbocycles. The second kappa shape index (κ2) is 5.17. The number of ether oxygens (including phenoxy) is 1. The van der Waals surface area contributed by atoms with Crippen LogP contribution < -0.4 is 4.74 Å². The first-order valence-electron chi connectivity index (χ1n) is 5.46. The number of para-hydroxylation sites is 1. The molecule has 1 rings (SSSR count). The van der Waals surface area contributed by atoms with E-state index in [4.69, 9.17) is 4.74 Å². The summed E-state index contributed by atoms with van der Waals surface area (Å²) in [7, 11) is 0. The lowest BCUT2D eigenvalue weighted by atomic mass is 10.0. The molecule has 1 aromatic rings. The minimum atomic E-state index is -0.454. The summed E-state index contributed by atoms with van der Waals surface area (Å²) in [6, 6.07) is 7.98. The van der Waals surface area contributed by atoms with E-state index in [0.29, 0.717) is 5.92 Å². The van der Waals surface area contributed by atoms with Gasteiger partial charge in [0.05, 0.1) is 6.10 Å². The van der Waals surface area contributed by atoms with Crippen LogP contribution in [0.15, 0.2) is 24.3 Å². The molecule has 0 heterocycles. The quantitative estimate of drug-likeness (QED) is 0.824. The zero-order valence-electron chi connectivity index (χ0n) is 9.90. The lowest BCUT2D eigenvalue weighted by Gasteiger charge is -2.20. The van der Waals surface area contributed by atoms with Crippen molar-refractivity contribution < 1.29 is 9.84 Å². The van der Waals surface area contributed by atoms with Gasteiger partial charge in [0.15, 0.2) is 0 Å². The van der Waals surface area contributed by atoms with Gasteiger partial charge in [0, 0.05) is 0 Å². The van der Waals surface area contributed by atoms with Crippen LogP contribution in [0.2, 0.25) is 0 Å². The Kier molecular flexibility index (Phi) is 4.15. The first kappa shape index (κ1) is 12.1. The number of aliphatic hydroxyl groups is 1. The van der Waals surface area contributed by atoms with Crippen LogP contribution in [-0.4, -0.2) is 17.3 Å². The van der Waals surface area contributed by atoms with E-state index in [2.05, 4.69) is 19.9 Å². The summed E-state index contributed by atoms with van der Waals surface area (Å²) >= 11 is 0. The zero-order valence-corrected chi connectivity index (χ0v) is 9.90. The monoisotopic (exact) mass is 208 g/mol. The van der Waals surface area contributed by atoms with Gasteiger partial charge < -0.3 is 9.84 Å². The van der Waals surface area contributed by atoms with Gasteiger partial charge in [-0.1, -0.05) is 32.0 Å². The van der Waals surface area contributed by atoms with Crippen LogP contribution in [0.1, 0.15) is 39.2 Å². The van der Waals surface area contributed by atoms with Crippen molar-refractivity contribution in [3.8, 4) is 5.75 Å². The maximum Gasteiger partial charge on any atom is 0.123 e. The fourth-order valence-corrected chi connectivity index (χ4v) is 1.36. The molecule has 0 aliphatic rings. The first-order chi connectivity index (χ1) is 7.02. The molecule has 2 atom stereocenters. The van der Waals surface area contributed by atoms with E-state index in [1.165, 1.54) is 5.56 Å². The normalized spacial score (nSPS) is 15.1. The molecule has 1 N–H and O–H groups in total. The van der Waals surface area contributed by atoms with Gasteiger partial charge in [-0.15, -0.1) is 0 Å². The lowest BCUT2D eigenvalue weighted by molar-refractivity contribution is 0.0597. The molecule has 0 amide bonds. The molecule has 0 saturated carbocycles. The Morgan fingerprint density at radius 1 is 1.07 bits per heavy atom. The van der Waals surface area contributed by atoms with Gasteiger partial charge in [-0.05, 0) is 31.4 Å². The number of rotatable bonds is 4. The molecular formula is C13H20O2. The van der Waals surface area contributed by atoms with Crippen LogP contribution in [0.5, 0.6) is 5.75 Å².